The zero-order valence-corrected chi connectivity index (χ0v) is 16.7. The van der Waals surface area contributed by atoms with Gasteiger partial charge < -0.3 is 5.32 Å². The molecule has 3 aromatic rings. The molecule has 1 aliphatic heterocycles. The highest BCUT2D eigenvalue weighted by Gasteiger charge is 2.32. The summed E-state index contributed by atoms with van der Waals surface area (Å²) in [4.78, 5) is 16.7. The number of halogens is 2. The lowest BCUT2D eigenvalue weighted by Gasteiger charge is -2.30. The van der Waals surface area contributed by atoms with Crippen molar-refractivity contribution < 1.29 is 22.0 Å². The van der Waals surface area contributed by atoms with Crippen molar-refractivity contribution >= 4 is 32.7 Å². The van der Waals surface area contributed by atoms with E-state index in [1.165, 1.54) is 4.31 Å². The molecule has 6 nitrogen and oxygen atoms in total. The number of para-hydroxylation sites is 1. The third-order valence-electron chi connectivity index (χ3n) is 5.20. The maximum absolute atomic E-state index is 13.4. The zero-order valence-electron chi connectivity index (χ0n) is 15.9. The molecule has 0 saturated carbocycles. The number of amides is 1. The Labute approximate surface area is 172 Å². The van der Waals surface area contributed by atoms with E-state index in [-0.39, 0.29) is 29.8 Å². The van der Waals surface area contributed by atoms with E-state index >= 15 is 0 Å². The van der Waals surface area contributed by atoms with Gasteiger partial charge in [0.1, 0.15) is 5.82 Å². The van der Waals surface area contributed by atoms with Gasteiger partial charge >= 0.3 is 0 Å². The summed E-state index contributed by atoms with van der Waals surface area (Å²) in [7, 11) is -3.95. The molecule has 0 aliphatic carbocycles. The molecule has 1 saturated heterocycles. The van der Waals surface area contributed by atoms with Gasteiger partial charge in [-0.3, -0.25) is 4.79 Å². The molecule has 30 heavy (non-hydrogen) atoms. The predicted octanol–water partition coefficient (Wildman–Crippen LogP) is 3.55. The van der Waals surface area contributed by atoms with Crippen LogP contribution in [-0.2, 0) is 14.8 Å². The molecule has 1 N–H and O–H groups in total. The number of benzene rings is 2. The van der Waals surface area contributed by atoms with E-state index in [0.717, 1.165) is 23.0 Å². The first-order chi connectivity index (χ1) is 14.3. The van der Waals surface area contributed by atoms with Crippen molar-refractivity contribution in [2.24, 2.45) is 5.92 Å². The smallest absolute Gasteiger partial charge is 0.243 e. The predicted molar refractivity (Wildman–Crippen MR) is 108 cm³/mol. The van der Waals surface area contributed by atoms with Gasteiger partial charge in [0.25, 0.3) is 0 Å². The molecule has 0 unspecified atom stereocenters. The summed E-state index contributed by atoms with van der Waals surface area (Å²) in [6.45, 7) is 0.231. The molecular weight excluding hydrogens is 412 g/mol. The fourth-order valence-electron chi connectivity index (χ4n) is 3.51. The third kappa shape index (κ3) is 4.03. The number of pyridine rings is 1. The maximum Gasteiger partial charge on any atom is 0.243 e. The number of hydrogen-bond acceptors (Lipinski definition) is 4. The summed E-state index contributed by atoms with van der Waals surface area (Å²) in [5, 5.41) is 3.76. The van der Waals surface area contributed by atoms with Gasteiger partial charge in [0.15, 0.2) is 11.6 Å². The first-order valence-electron chi connectivity index (χ1n) is 9.46. The molecule has 1 aliphatic rings. The second kappa shape index (κ2) is 8.08. The highest BCUT2D eigenvalue weighted by molar-refractivity contribution is 7.89. The normalized spacial score (nSPS) is 15.9. The Morgan fingerprint density at radius 3 is 2.47 bits per heavy atom. The summed E-state index contributed by atoms with van der Waals surface area (Å²) < 4.78 is 53.1. The molecule has 2 heterocycles. The summed E-state index contributed by atoms with van der Waals surface area (Å²) in [5.74, 6) is -2.47. The van der Waals surface area contributed by atoms with E-state index in [4.69, 9.17) is 0 Å². The third-order valence-corrected chi connectivity index (χ3v) is 7.10. The van der Waals surface area contributed by atoms with Crippen LogP contribution >= 0.6 is 0 Å². The highest BCUT2D eigenvalue weighted by atomic mass is 32.2. The van der Waals surface area contributed by atoms with Gasteiger partial charge in [0.2, 0.25) is 15.9 Å². The van der Waals surface area contributed by atoms with E-state index in [1.54, 1.807) is 6.07 Å². The van der Waals surface area contributed by atoms with Crippen LogP contribution in [0, 0.1) is 17.6 Å². The Kier molecular flexibility index (Phi) is 5.48. The largest absolute Gasteiger partial charge is 0.310 e. The molecule has 0 radical (unpaired) electrons. The maximum atomic E-state index is 13.4. The van der Waals surface area contributed by atoms with Crippen LogP contribution in [0.15, 0.2) is 59.5 Å². The summed E-state index contributed by atoms with van der Waals surface area (Å²) in [6.07, 6.45) is 0.643. The molecule has 4 rings (SSSR count). The van der Waals surface area contributed by atoms with Crippen LogP contribution in [0.2, 0.25) is 0 Å². The number of nitrogens with zero attached hydrogens (tertiary/aromatic N) is 2. The summed E-state index contributed by atoms with van der Waals surface area (Å²) >= 11 is 0. The van der Waals surface area contributed by atoms with Crippen molar-refractivity contribution in [1.82, 2.24) is 9.29 Å². The fraction of sp³-hybridized carbons (Fsp3) is 0.238. The number of rotatable bonds is 4. The van der Waals surface area contributed by atoms with Gasteiger partial charge in [-0.15, -0.1) is 0 Å². The number of sulfonamides is 1. The lowest BCUT2D eigenvalue weighted by atomic mass is 9.97. The van der Waals surface area contributed by atoms with Gasteiger partial charge in [-0.05, 0) is 49.2 Å². The van der Waals surface area contributed by atoms with E-state index in [0.29, 0.717) is 24.7 Å². The molecule has 1 aromatic heterocycles. The number of aromatic nitrogens is 1. The number of nitrogens with one attached hydrogen (secondary N) is 1. The monoisotopic (exact) mass is 431 g/mol. The van der Waals surface area contributed by atoms with Crippen LogP contribution in [0.5, 0.6) is 0 Å². The van der Waals surface area contributed by atoms with Crippen molar-refractivity contribution in [1.29, 1.82) is 0 Å². The topological polar surface area (TPSA) is 79.4 Å². The molecule has 0 spiro atoms. The fourth-order valence-corrected chi connectivity index (χ4v) is 4.99. The molecule has 1 fully saturated rings. The minimum atomic E-state index is -3.95. The zero-order chi connectivity index (χ0) is 21.3. The Morgan fingerprint density at radius 2 is 1.73 bits per heavy atom. The standard InChI is InChI=1S/C21H19F2N3O3S/c22-17-7-6-16(13-18(17)23)30(28,29)26-11-9-15(10-12-26)21(27)25-20-8-5-14-3-1-2-4-19(14)24-20/h1-8,13,15H,9-12H2,(H,24,25,27). The Hall–Kier alpha value is -2.91. The second-order valence-electron chi connectivity index (χ2n) is 7.13. The van der Waals surface area contributed by atoms with Crippen molar-refractivity contribution in [3.8, 4) is 0 Å². The van der Waals surface area contributed by atoms with Crippen LogP contribution in [0.3, 0.4) is 0 Å². The summed E-state index contributed by atoms with van der Waals surface area (Å²) in [5.41, 5.74) is 0.766. The van der Waals surface area contributed by atoms with Crippen LogP contribution in [0.1, 0.15) is 12.8 Å². The first-order valence-corrected chi connectivity index (χ1v) is 10.9. The van der Waals surface area contributed by atoms with Crippen molar-refractivity contribution in [2.45, 2.75) is 17.7 Å². The molecule has 9 heteroatoms. The van der Waals surface area contributed by atoms with Crippen molar-refractivity contribution in [3.05, 3.63) is 66.2 Å². The number of fused-ring (bicyclic) bond motifs is 1. The van der Waals surface area contributed by atoms with Gasteiger partial charge in [0, 0.05) is 24.4 Å². The van der Waals surface area contributed by atoms with E-state index in [2.05, 4.69) is 10.3 Å². The number of carbonyl (C=O) groups excluding carboxylic acids is 1. The van der Waals surface area contributed by atoms with Crippen LogP contribution in [0.25, 0.3) is 10.9 Å². The number of piperidine rings is 1. The van der Waals surface area contributed by atoms with Crippen LogP contribution in [-0.4, -0.2) is 36.7 Å². The Morgan fingerprint density at radius 1 is 1.00 bits per heavy atom. The van der Waals surface area contributed by atoms with E-state index in [9.17, 15) is 22.0 Å². The quantitative estimate of drug-likeness (QED) is 0.685. The first kappa shape index (κ1) is 20.4. The molecular formula is C21H19F2N3O3S. The lowest BCUT2D eigenvalue weighted by Crippen LogP contribution is -2.41. The van der Waals surface area contributed by atoms with Crippen molar-refractivity contribution in [2.75, 3.05) is 18.4 Å². The average Bonchev–Trinajstić information content (AvgIpc) is 2.75. The minimum absolute atomic E-state index is 0.116. The summed E-state index contributed by atoms with van der Waals surface area (Å²) in [6, 6.07) is 13.7. The SMILES string of the molecule is O=C(Nc1ccc2ccccc2n1)C1CCN(S(=O)(=O)c2ccc(F)c(F)c2)CC1. The minimum Gasteiger partial charge on any atom is -0.310 e. The molecule has 0 bridgehead atoms. The molecule has 2 aromatic carbocycles. The van der Waals surface area contributed by atoms with Gasteiger partial charge in [-0.2, -0.15) is 4.31 Å². The Bertz CT molecular complexity index is 1210. The lowest BCUT2D eigenvalue weighted by molar-refractivity contribution is -0.120. The number of hydrogen-bond donors (Lipinski definition) is 1. The number of carbonyl (C=O) groups is 1. The molecule has 1 amide bonds. The number of anilines is 1. The van der Waals surface area contributed by atoms with Crippen LogP contribution < -0.4 is 5.32 Å². The van der Waals surface area contributed by atoms with Gasteiger partial charge in [0.05, 0.1) is 10.4 Å². The van der Waals surface area contributed by atoms with Gasteiger partial charge in [-0.1, -0.05) is 18.2 Å². The van der Waals surface area contributed by atoms with E-state index < -0.39 is 21.7 Å². The van der Waals surface area contributed by atoms with Crippen LogP contribution in [0.4, 0.5) is 14.6 Å². The highest BCUT2D eigenvalue weighted by Crippen LogP contribution is 2.26. The Balaban J connectivity index is 1.40. The molecule has 0 atom stereocenters. The average molecular weight is 431 g/mol. The molecule has 156 valence electrons. The van der Waals surface area contributed by atoms with Crippen molar-refractivity contribution in [3.63, 3.8) is 0 Å². The second-order valence-corrected chi connectivity index (χ2v) is 9.07. The van der Waals surface area contributed by atoms with Gasteiger partial charge in [-0.25, -0.2) is 22.2 Å². The van der Waals surface area contributed by atoms with E-state index in [1.807, 2.05) is 30.3 Å².